The first-order valence-electron chi connectivity index (χ1n) is 7.83. The Bertz CT molecular complexity index is 696. The maximum atomic E-state index is 13.1. The van der Waals surface area contributed by atoms with Gasteiger partial charge in [-0.25, -0.2) is 4.39 Å². The lowest BCUT2D eigenvalue weighted by Gasteiger charge is -2.21. The van der Waals surface area contributed by atoms with Crippen molar-refractivity contribution in [3.8, 4) is 0 Å². The van der Waals surface area contributed by atoms with Gasteiger partial charge >= 0.3 is 0 Å². The highest BCUT2D eigenvalue weighted by Gasteiger charge is 2.31. The van der Waals surface area contributed by atoms with E-state index in [9.17, 15) is 9.18 Å². The van der Waals surface area contributed by atoms with Crippen LogP contribution in [-0.4, -0.2) is 21.8 Å². The lowest BCUT2D eigenvalue weighted by atomic mass is 10.2. The Morgan fingerprint density at radius 1 is 1.30 bits per heavy atom. The van der Waals surface area contributed by atoms with Crippen LogP contribution in [0.2, 0.25) is 0 Å². The van der Waals surface area contributed by atoms with Crippen molar-refractivity contribution in [2.24, 2.45) is 0 Å². The zero-order valence-electron chi connectivity index (χ0n) is 12.9. The predicted octanol–water partition coefficient (Wildman–Crippen LogP) is 3.82. The van der Waals surface area contributed by atoms with Crippen molar-refractivity contribution in [1.82, 2.24) is 9.88 Å². The maximum absolute atomic E-state index is 13.1. The van der Waals surface area contributed by atoms with Crippen molar-refractivity contribution in [2.75, 3.05) is 0 Å². The molecule has 0 saturated heterocycles. The zero-order valence-corrected chi connectivity index (χ0v) is 12.9. The average Bonchev–Trinajstić information content (AvgIpc) is 3.38. The number of benzene rings is 1. The molecule has 1 aliphatic rings. The van der Waals surface area contributed by atoms with Crippen LogP contribution in [0, 0.1) is 5.82 Å². The minimum atomic E-state index is -0.269. The highest BCUT2D eigenvalue weighted by atomic mass is 19.1. The molecule has 1 amide bonds. The fraction of sp³-hybridized carbons (Fsp3) is 0.263. The van der Waals surface area contributed by atoms with Gasteiger partial charge in [0.1, 0.15) is 5.82 Å². The minimum Gasteiger partial charge on any atom is -0.335 e. The van der Waals surface area contributed by atoms with Gasteiger partial charge in [-0.1, -0.05) is 30.4 Å². The molecule has 3 rings (SSSR count). The normalized spacial score (nSPS) is 14.1. The number of halogens is 1. The second-order valence-corrected chi connectivity index (χ2v) is 5.78. The number of carbonyl (C=O) groups is 1. The predicted molar refractivity (Wildman–Crippen MR) is 87.9 cm³/mol. The zero-order chi connectivity index (χ0) is 16.1. The number of pyridine rings is 1. The summed E-state index contributed by atoms with van der Waals surface area (Å²) in [6, 6.07) is 10.6. The fourth-order valence-corrected chi connectivity index (χ4v) is 2.52. The second-order valence-electron chi connectivity index (χ2n) is 5.78. The van der Waals surface area contributed by atoms with E-state index in [-0.39, 0.29) is 11.7 Å². The third-order valence-electron chi connectivity index (χ3n) is 3.84. The smallest absolute Gasteiger partial charge is 0.226 e. The van der Waals surface area contributed by atoms with E-state index in [1.54, 1.807) is 30.6 Å². The summed E-state index contributed by atoms with van der Waals surface area (Å²) in [5.41, 5.74) is 1.81. The van der Waals surface area contributed by atoms with Gasteiger partial charge < -0.3 is 4.90 Å². The van der Waals surface area contributed by atoms with Gasteiger partial charge in [-0.15, -0.1) is 0 Å². The van der Waals surface area contributed by atoms with Crippen LogP contribution in [-0.2, 0) is 11.3 Å². The molecule has 1 fully saturated rings. The van der Waals surface area contributed by atoms with Gasteiger partial charge in [0.25, 0.3) is 0 Å². The van der Waals surface area contributed by atoms with Crippen molar-refractivity contribution < 1.29 is 9.18 Å². The molecule has 1 aromatic carbocycles. The first-order valence-corrected chi connectivity index (χ1v) is 7.83. The molecule has 118 valence electrons. The van der Waals surface area contributed by atoms with Crippen LogP contribution >= 0.6 is 0 Å². The molecule has 0 spiro atoms. The van der Waals surface area contributed by atoms with Crippen LogP contribution in [0.5, 0.6) is 0 Å². The van der Waals surface area contributed by atoms with Gasteiger partial charge in [-0.3, -0.25) is 9.78 Å². The van der Waals surface area contributed by atoms with Gasteiger partial charge in [0.2, 0.25) is 5.91 Å². The Labute approximate surface area is 135 Å². The summed E-state index contributed by atoms with van der Waals surface area (Å²) >= 11 is 0. The average molecular weight is 310 g/mol. The first-order chi connectivity index (χ1) is 11.2. The number of nitrogens with zero attached hydrogens (tertiary/aromatic N) is 2. The summed E-state index contributed by atoms with van der Waals surface area (Å²) in [6.07, 6.45) is 9.58. The monoisotopic (exact) mass is 310 g/mol. The SMILES string of the molecule is O=C(CC=Cc1cccc(F)c1)N(Cc1cccnc1)C1CC1. The van der Waals surface area contributed by atoms with E-state index >= 15 is 0 Å². The molecular formula is C19H19FN2O. The molecule has 2 aromatic rings. The van der Waals surface area contributed by atoms with Crippen molar-refractivity contribution in [3.63, 3.8) is 0 Å². The molecule has 1 heterocycles. The van der Waals surface area contributed by atoms with Crippen LogP contribution in [0.3, 0.4) is 0 Å². The van der Waals surface area contributed by atoms with Crippen molar-refractivity contribution >= 4 is 12.0 Å². The fourth-order valence-electron chi connectivity index (χ4n) is 2.52. The highest BCUT2D eigenvalue weighted by Crippen LogP contribution is 2.29. The molecule has 1 saturated carbocycles. The number of hydrogen-bond acceptors (Lipinski definition) is 2. The highest BCUT2D eigenvalue weighted by molar-refractivity contribution is 5.79. The Balaban J connectivity index is 1.60. The lowest BCUT2D eigenvalue weighted by molar-refractivity contribution is -0.131. The van der Waals surface area contributed by atoms with E-state index in [4.69, 9.17) is 0 Å². The van der Waals surface area contributed by atoms with E-state index in [0.717, 1.165) is 24.0 Å². The van der Waals surface area contributed by atoms with Crippen molar-refractivity contribution in [2.45, 2.75) is 31.8 Å². The van der Waals surface area contributed by atoms with Crippen LogP contribution in [0.1, 0.15) is 30.4 Å². The van der Waals surface area contributed by atoms with Crippen LogP contribution in [0.15, 0.2) is 54.9 Å². The van der Waals surface area contributed by atoms with Crippen LogP contribution in [0.4, 0.5) is 4.39 Å². The van der Waals surface area contributed by atoms with E-state index in [0.29, 0.717) is 19.0 Å². The van der Waals surface area contributed by atoms with E-state index in [2.05, 4.69) is 4.98 Å². The van der Waals surface area contributed by atoms with Crippen LogP contribution < -0.4 is 0 Å². The molecule has 0 radical (unpaired) electrons. The standard InChI is InChI=1S/C19H19FN2O/c20-17-7-1-4-15(12-17)5-2-8-19(23)22(18-9-10-18)14-16-6-3-11-21-13-16/h1-7,11-13,18H,8-10,14H2. The summed E-state index contributed by atoms with van der Waals surface area (Å²) < 4.78 is 13.1. The van der Waals surface area contributed by atoms with Crippen molar-refractivity contribution in [3.05, 3.63) is 71.8 Å². The molecule has 4 heteroatoms. The summed E-state index contributed by atoms with van der Waals surface area (Å²) in [4.78, 5) is 18.5. The summed E-state index contributed by atoms with van der Waals surface area (Å²) in [6.45, 7) is 0.602. The summed E-state index contributed by atoms with van der Waals surface area (Å²) in [5.74, 6) is -0.168. The van der Waals surface area contributed by atoms with E-state index in [1.165, 1.54) is 12.1 Å². The Hall–Kier alpha value is -2.49. The largest absolute Gasteiger partial charge is 0.335 e. The number of amides is 1. The van der Waals surface area contributed by atoms with Crippen molar-refractivity contribution in [1.29, 1.82) is 0 Å². The topological polar surface area (TPSA) is 33.2 Å². The molecule has 0 atom stereocenters. The number of rotatable bonds is 6. The maximum Gasteiger partial charge on any atom is 0.226 e. The molecule has 0 N–H and O–H groups in total. The molecule has 0 bridgehead atoms. The quantitative estimate of drug-likeness (QED) is 0.813. The minimum absolute atomic E-state index is 0.101. The Kier molecular flexibility index (Phi) is 4.81. The molecule has 1 aromatic heterocycles. The van der Waals surface area contributed by atoms with Gasteiger partial charge in [0.05, 0.1) is 0 Å². The number of aromatic nitrogens is 1. The summed E-state index contributed by atoms with van der Waals surface area (Å²) in [7, 11) is 0. The number of hydrogen-bond donors (Lipinski definition) is 0. The van der Waals surface area contributed by atoms with E-state index in [1.807, 2.05) is 23.1 Å². The molecule has 1 aliphatic carbocycles. The molecular weight excluding hydrogens is 291 g/mol. The number of carbonyl (C=O) groups excluding carboxylic acids is 1. The van der Waals surface area contributed by atoms with Gasteiger partial charge in [0, 0.05) is 31.4 Å². The van der Waals surface area contributed by atoms with Gasteiger partial charge in [0.15, 0.2) is 0 Å². The Morgan fingerprint density at radius 3 is 2.87 bits per heavy atom. The molecule has 0 unspecified atom stereocenters. The van der Waals surface area contributed by atoms with Gasteiger partial charge in [-0.2, -0.15) is 0 Å². The van der Waals surface area contributed by atoms with Gasteiger partial charge in [-0.05, 0) is 42.2 Å². The molecule has 0 aliphatic heterocycles. The third-order valence-corrected chi connectivity index (χ3v) is 3.84. The lowest BCUT2D eigenvalue weighted by Crippen LogP contribution is -2.32. The third kappa shape index (κ3) is 4.49. The molecule has 3 nitrogen and oxygen atoms in total. The second kappa shape index (κ2) is 7.18. The van der Waals surface area contributed by atoms with E-state index < -0.39 is 0 Å². The Morgan fingerprint density at radius 2 is 2.17 bits per heavy atom. The van der Waals surface area contributed by atoms with Crippen LogP contribution in [0.25, 0.3) is 6.08 Å². The summed E-state index contributed by atoms with van der Waals surface area (Å²) in [5, 5.41) is 0. The molecule has 23 heavy (non-hydrogen) atoms. The first kappa shape index (κ1) is 15.4.